The number of anilines is 1. The third kappa shape index (κ3) is 3.61. The second-order valence-corrected chi connectivity index (χ2v) is 6.48. The highest BCUT2D eigenvalue weighted by molar-refractivity contribution is 7.98. The predicted molar refractivity (Wildman–Crippen MR) is 88.2 cm³/mol. The number of fused-ring (bicyclic) bond motifs is 1. The number of thioether (sulfide) groups is 1. The molecule has 2 amide bonds. The molecule has 2 N–H and O–H groups in total. The summed E-state index contributed by atoms with van der Waals surface area (Å²) in [6.07, 6.45) is 7.80. The summed E-state index contributed by atoms with van der Waals surface area (Å²) in [5, 5.41) is 6.02. The molecule has 0 unspecified atom stereocenters. The average molecular weight is 322 g/mol. The molecule has 1 aromatic rings. The van der Waals surface area contributed by atoms with Gasteiger partial charge in [-0.05, 0) is 25.2 Å². The van der Waals surface area contributed by atoms with Crippen molar-refractivity contribution >= 4 is 23.5 Å². The molecule has 1 aromatic carbocycles. The van der Waals surface area contributed by atoms with Crippen LogP contribution in [0.1, 0.15) is 32.1 Å². The van der Waals surface area contributed by atoms with Gasteiger partial charge in [-0.2, -0.15) is 0 Å². The molecule has 1 heterocycles. The van der Waals surface area contributed by atoms with Gasteiger partial charge in [-0.15, -0.1) is 11.8 Å². The fourth-order valence-corrected chi connectivity index (χ4v) is 3.48. The van der Waals surface area contributed by atoms with Crippen LogP contribution in [0.5, 0.6) is 11.5 Å². The van der Waals surface area contributed by atoms with E-state index in [1.54, 1.807) is 11.8 Å². The monoisotopic (exact) mass is 322 g/mol. The number of carbonyl (C=O) groups is 1. The summed E-state index contributed by atoms with van der Waals surface area (Å²) in [6.45, 7) is 1.11. The van der Waals surface area contributed by atoms with Gasteiger partial charge < -0.3 is 20.1 Å². The molecule has 1 fully saturated rings. The third-order valence-corrected chi connectivity index (χ3v) is 4.83. The Labute approximate surface area is 135 Å². The first-order valence-corrected chi connectivity index (χ1v) is 9.04. The van der Waals surface area contributed by atoms with E-state index in [9.17, 15) is 4.79 Å². The van der Waals surface area contributed by atoms with Gasteiger partial charge >= 0.3 is 6.03 Å². The number of urea groups is 1. The van der Waals surface area contributed by atoms with Crippen LogP contribution in [-0.2, 0) is 0 Å². The zero-order valence-corrected chi connectivity index (χ0v) is 13.6. The summed E-state index contributed by atoms with van der Waals surface area (Å²) in [4.78, 5) is 13.2. The summed E-state index contributed by atoms with van der Waals surface area (Å²) < 4.78 is 11.2. The summed E-state index contributed by atoms with van der Waals surface area (Å²) in [7, 11) is 0. The van der Waals surface area contributed by atoms with Crippen LogP contribution in [0.25, 0.3) is 0 Å². The van der Waals surface area contributed by atoms with Gasteiger partial charge in [0, 0.05) is 17.0 Å². The minimum absolute atomic E-state index is 0.140. The SMILES string of the molecule is CSc1cc2c(cc1NC(=O)NC1CCCCC1)OCCO2. The van der Waals surface area contributed by atoms with Gasteiger partial charge in [-0.3, -0.25) is 0 Å². The second-order valence-electron chi connectivity index (χ2n) is 5.63. The maximum atomic E-state index is 12.2. The smallest absolute Gasteiger partial charge is 0.319 e. The fraction of sp³-hybridized carbons (Fsp3) is 0.562. The fourth-order valence-electron chi connectivity index (χ4n) is 2.93. The largest absolute Gasteiger partial charge is 0.486 e. The van der Waals surface area contributed by atoms with Crippen molar-refractivity contribution in [2.45, 2.75) is 43.0 Å². The Hall–Kier alpha value is -1.56. The van der Waals surface area contributed by atoms with E-state index in [4.69, 9.17) is 9.47 Å². The van der Waals surface area contributed by atoms with Crippen molar-refractivity contribution < 1.29 is 14.3 Å². The lowest BCUT2D eigenvalue weighted by molar-refractivity contribution is 0.171. The number of benzene rings is 1. The number of hydrogen-bond donors (Lipinski definition) is 2. The molecular weight excluding hydrogens is 300 g/mol. The lowest BCUT2D eigenvalue weighted by Crippen LogP contribution is -2.39. The zero-order chi connectivity index (χ0) is 15.4. The van der Waals surface area contributed by atoms with Crippen LogP contribution in [-0.4, -0.2) is 31.5 Å². The molecule has 22 heavy (non-hydrogen) atoms. The molecule has 6 heteroatoms. The van der Waals surface area contributed by atoms with E-state index in [1.165, 1.54) is 19.3 Å². The van der Waals surface area contributed by atoms with Crippen LogP contribution >= 0.6 is 11.8 Å². The molecule has 1 saturated carbocycles. The van der Waals surface area contributed by atoms with Crippen LogP contribution < -0.4 is 20.1 Å². The van der Waals surface area contributed by atoms with Gasteiger partial charge in [0.15, 0.2) is 11.5 Å². The van der Waals surface area contributed by atoms with E-state index in [1.807, 2.05) is 18.4 Å². The van der Waals surface area contributed by atoms with Gasteiger partial charge in [0.25, 0.3) is 0 Å². The second kappa shape index (κ2) is 7.13. The van der Waals surface area contributed by atoms with Crippen LogP contribution in [0.4, 0.5) is 10.5 Å². The van der Waals surface area contributed by atoms with Gasteiger partial charge in [0.05, 0.1) is 5.69 Å². The van der Waals surface area contributed by atoms with Crippen molar-refractivity contribution in [1.82, 2.24) is 5.32 Å². The van der Waals surface area contributed by atoms with Crippen LogP contribution in [0, 0.1) is 0 Å². The minimum atomic E-state index is -0.140. The Morgan fingerprint density at radius 2 is 1.82 bits per heavy atom. The van der Waals surface area contributed by atoms with E-state index in [0.717, 1.165) is 29.2 Å². The van der Waals surface area contributed by atoms with Gasteiger partial charge in [-0.1, -0.05) is 19.3 Å². The average Bonchev–Trinajstić information content (AvgIpc) is 2.55. The van der Waals surface area contributed by atoms with Crippen molar-refractivity contribution in [3.05, 3.63) is 12.1 Å². The molecule has 0 aromatic heterocycles. The molecule has 1 aliphatic carbocycles. The van der Waals surface area contributed by atoms with Crippen molar-refractivity contribution in [1.29, 1.82) is 0 Å². The number of amides is 2. The van der Waals surface area contributed by atoms with Crippen molar-refractivity contribution in [3.8, 4) is 11.5 Å². The molecule has 0 bridgehead atoms. The molecular formula is C16H22N2O3S. The molecule has 0 spiro atoms. The Morgan fingerprint density at radius 1 is 1.14 bits per heavy atom. The van der Waals surface area contributed by atoms with E-state index in [0.29, 0.717) is 25.0 Å². The first kappa shape index (κ1) is 15.3. The number of ether oxygens (including phenoxy) is 2. The molecule has 0 atom stereocenters. The Balaban J connectivity index is 1.69. The lowest BCUT2D eigenvalue weighted by Gasteiger charge is -2.24. The van der Waals surface area contributed by atoms with Gasteiger partial charge in [0.2, 0.25) is 0 Å². The van der Waals surface area contributed by atoms with E-state index < -0.39 is 0 Å². The normalized spacial score (nSPS) is 17.9. The maximum absolute atomic E-state index is 12.2. The lowest BCUT2D eigenvalue weighted by atomic mass is 9.96. The molecule has 2 aliphatic rings. The Kier molecular flexibility index (Phi) is 4.97. The number of carbonyl (C=O) groups excluding carboxylic acids is 1. The highest BCUT2D eigenvalue weighted by atomic mass is 32.2. The summed E-state index contributed by atoms with van der Waals surface area (Å²) in [6, 6.07) is 3.93. The number of nitrogens with one attached hydrogen (secondary N) is 2. The van der Waals surface area contributed by atoms with Crippen molar-refractivity contribution in [2.75, 3.05) is 24.8 Å². The molecule has 120 valence electrons. The third-order valence-electron chi connectivity index (χ3n) is 4.05. The van der Waals surface area contributed by atoms with Gasteiger partial charge in [0.1, 0.15) is 13.2 Å². The highest BCUT2D eigenvalue weighted by Crippen LogP contribution is 2.39. The first-order chi connectivity index (χ1) is 10.8. The van der Waals surface area contributed by atoms with Crippen molar-refractivity contribution in [3.63, 3.8) is 0 Å². The number of hydrogen-bond acceptors (Lipinski definition) is 4. The molecule has 0 radical (unpaired) electrons. The first-order valence-electron chi connectivity index (χ1n) is 7.81. The molecule has 0 saturated heterocycles. The molecule has 3 rings (SSSR count). The maximum Gasteiger partial charge on any atom is 0.319 e. The van der Waals surface area contributed by atoms with Crippen LogP contribution in [0.15, 0.2) is 17.0 Å². The van der Waals surface area contributed by atoms with Gasteiger partial charge in [-0.25, -0.2) is 4.79 Å². The molecule has 5 nitrogen and oxygen atoms in total. The topological polar surface area (TPSA) is 59.6 Å². The summed E-state index contributed by atoms with van der Waals surface area (Å²) in [5.41, 5.74) is 0.769. The van der Waals surface area contributed by atoms with E-state index in [-0.39, 0.29) is 6.03 Å². The quantitative estimate of drug-likeness (QED) is 0.834. The van der Waals surface area contributed by atoms with Crippen LogP contribution in [0.3, 0.4) is 0 Å². The Morgan fingerprint density at radius 3 is 2.50 bits per heavy atom. The van der Waals surface area contributed by atoms with Crippen LogP contribution in [0.2, 0.25) is 0 Å². The predicted octanol–water partition coefficient (Wildman–Crippen LogP) is 3.63. The standard InChI is InChI=1S/C16H22N2O3S/c1-22-15-10-14-13(20-7-8-21-14)9-12(15)18-16(19)17-11-5-3-2-4-6-11/h9-11H,2-8H2,1H3,(H2,17,18,19). The summed E-state index contributed by atoms with van der Waals surface area (Å²) >= 11 is 1.58. The highest BCUT2D eigenvalue weighted by Gasteiger charge is 2.19. The molecule has 1 aliphatic heterocycles. The number of rotatable bonds is 3. The Bertz CT molecular complexity index is 544. The minimum Gasteiger partial charge on any atom is -0.486 e. The zero-order valence-electron chi connectivity index (χ0n) is 12.8. The van der Waals surface area contributed by atoms with Crippen molar-refractivity contribution in [2.24, 2.45) is 0 Å². The van der Waals surface area contributed by atoms with E-state index >= 15 is 0 Å². The summed E-state index contributed by atoms with van der Waals surface area (Å²) in [5.74, 6) is 1.44. The van der Waals surface area contributed by atoms with E-state index in [2.05, 4.69) is 10.6 Å².